The predicted octanol–water partition coefficient (Wildman–Crippen LogP) is 3.33. The van der Waals surface area contributed by atoms with Gasteiger partial charge in [0, 0.05) is 24.7 Å². The van der Waals surface area contributed by atoms with Crippen LogP contribution in [0.15, 0.2) is 24.3 Å². The molecule has 24 heavy (non-hydrogen) atoms. The summed E-state index contributed by atoms with van der Waals surface area (Å²) in [5, 5.41) is 5.27. The zero-order valence-corrected chi connectivity index (χ0v) is 13.3. The van der Waals surface area contributed by atoms with Crippen molar-refractivity contribution in [3.05, 3.63) is 24.3 Å². The van der Waals surface area contributed by atoms with Crippen LogP contribution in [0.4, 0.5) is 23.7 Å². The molecule has 1 aliphatic heterocycles. The van der Waals surface area contributed by atoms with Gasteiger partial charge < -0.3 is 15.4 Å². The minimum absolute atomic E-state index is 0.00343. The van der Waals surface area contributed by atoms with Gasteiger partial charge in [0.05, 0.1) is 5.69 Å². The van der Waals surface area contributed by atoms with E-state index in [4.69, 9.17) is 0 Å². The second-order valence-corrected chi connectivity index (χ2v) is 6.35. The fraction of sp³-hybridized carbons (Fsp3) is 0.562. The van der Waals surface area contributed by atoms with Gasteiger partial charge in [0.1, 0.15) is 0 Å². The van der Waals surface area contributed by atoms with Crippen LogP contribution in [0, 0.1) is 0 Å². The second kappa shape index (κ2) is 6.51. The van der Waals surface area contributed by atoms with Gasteiger partial charge in [0.2, 0.25) is 0 Å². The number of alkyl halides is 3. The molecule has 2 N–H and O–H groups in total. The molecule has 2 aliphatic rings. The molecule has 2 atom stereocenters. The molecule has 0 radical (unpaired) electrons. The number of rotatable bonds is 4. The fourth-order valence-corrected chi connectivity index (χ4v) is 3.20. The molecule has 2 fully saturated rings. The Bertz CT molecular complexity index is 604. The highest BCUT2D eigenvalue weighted by atomic mass is 19.4. The molecule has 0 spiro atoms. The average molecular weight is 343 g/mol. The number of hydrogen-bond acceptors (Lipinski definition) is 3. The number of para-hydroxylation sites is 2. The zero-order valence-electron chi connectivity index (χ0n) is 13.3. The summed E-state index contributed by atoms with van der Waals surface area (Å²) in [6.45, 7) is 2.91. The first-order valence-electron chi connectivity index (χ1n) is 8.00. The first-order chi connectivity index (χ1) is 11.3. The van der Waals surface area contributed by atoms with Crippen LogP contribution in [0.2, 0.25) is 0 Å². The maximum Gasteiger partial charge on any atom is 0.573 e. The van der Waals surface area contributed by atoms with Crippen molar-refractivity contribution in [2.45, 2.75) is 50.7 Å². The van der Waals surface area contributed by atoms with Gasteiger partial charge >= 0.3 is 12.4 Å². The summed E-state index contributed by atoms with van der Waals surface area (Å²) in [5.41, 5.74) is -0.0163. The van der Waals surface area contributed by atoms with Crippen LogP contribution in [0.25, 0.3) is 0 Å². The summed E-state index contributed by atoms with van der Waals surface area (Å²) in [6, 6.07) is 5.98. The molecule has 1 heterocycles. The lowest BCUT2D eigenvalue weighted by Crippen LogP contribution is -2.40. The van der Waals surface area contributed by atoms with E-state index >= 15 is 0 Å². The highest BCUT2D eigenvalue weighted by molar-refractivity contribution is 5.91. The Kier molecular flexibility index (Phi) is 4.58. The molecule has 1 saturated heterocycles. The lowest BCUT2D eigenvalue weighted by atomic mass is 10.2. The molecule has 1 aromatic rings. The molecule has 0 bridgehead atoms. The van der Waals surface area contributed by atoms with Gasteiger partial charge in [0.15, 0.2) is 5.75 Å². The van der Waals surface area contributed by atoms with E-state index in [2.05, 4.69) is 27.2 Å². The minimum Gasteiger partial charge on any atom is -0.404 e. The van der Waals surface area contributed by atoms with Crippen molar-refractivity contribution < 1.29 is 22.7 Å². The van der Waals surface area contributed by atoms with Crippen LogP contribution in [-0.4, -0.2) is 42.0 Å². The average Bonchev–Trinajstić information content (AvgIpc) is 3.24. The van der Waals surface area contributed by atoms with Crippen LogP contribution in [0.1, 0.15) is 26.2 Å². The largest absolute Gasteiger partial charge is 0.573 e. The molecule has 8 heteroatoms. The maximum atomic E-state index is 12.4. The normalized spacial score (nSPS) is 24.7. The molecular weight excluding hydrogens is 323 g/mol. The standard InChI is InChI=1S/C16H20F3N3O2/c1-10-8-11(9-22(10)12-6-7-12)20-15(23)21-13-4-2-3-5-14(13)24-16(17,18)19/h2-5,10-12H,6-9H2,1H3,(H2,20,21,23)/t10-,11-/m1/s1. The van der Waals surface area contributed by atoms with E-state index in [1.807, 2.05) is 0 Å². The van der Waals surface area contributed by atoms with Crippen molar-refractivity contribution in [2.24, 2.45) is 0 Å². The summed E-state index contributed by atoms with van der Waals surface area (Å²) in [6.07, 6.45) is -1.57. The Balaban J connectivity index is 1.57. The summed E-state index contributed by atoms with van der Waals surface area (Å²) in [5.74, 6) is -0.431. The highest BCUT2D eigenvalue weighted by Gasteiger charge is 2.39. The molecule has 3 rings (SSSR count). The number of carbonyl (C=O) groups is 1. The van der Waals surface area contributed by atoms with E-state index in [1.54, 1.807) is 0 Å². The van der Waals surface area contributed by atoms with Gasteiger partial charge in [-0.1, -0.05) is 12.1 Å². The number of hydrogen-bond donors (Lipinski definition) is 2. The molecule has 0 unspecified atom stereocenters. The summed E-state index contributed by atoms with van der Waals surface area (Å²) in [4.78, 5) is 14.5. The molecule has 1 aliphatic carbocycles. The molecule has 1 saturated carbocycles. The first kappa shape index (κ1) is 16.9. The van der Waals surface area contributed by atoms with Crippen LogP contribution in [0.3, 0.4) is 0 Å². The Hall–Kier alpha value is -1.96. The quantitative estimate of drug-likeness (QED) is 0.882. The van der Waals surface area contributed by atoms with E-state index in [1.165, 1.54) is 31.0 Å². The third-order valence-electron chi connectivity index (χ3n) is 4.34. The van der Waals surface area contributed by atoms with Gasteiger partial charge in [-0.05, 0) is 38.3 Å². The number of amides is 2. The highest BCUT2D eigenvalue weighted by Crippen LogP contribution is 2.33. The van der Waals surface area contributed by atoms with Gasteiger partial charge in [-0.3, -0.25) is 4.90 Å². The monoisotopic (exact) mass is 343 g/mol. The summed E-state index contributed by atoms with van der Waals surface area (Å²) < 4.78 is 41.1. The first-order valence-corrected chi connectivity index (χ1v) is 8.00. The number of urea groups is 1. The molecule has 2 amide bonds. The molecule has 132 valence electrons. The summed E-state index contributed by atoms with van der Waals surface area (Å²) >= 11 is 0. The van der Waals surface area contributed by atoms with Gasteiger partial charge in [-0.25, -0.2) is 4.79 Å². The molecule has 5 nitrogen and oxygen atoms in total. The van der Waals surface area contributed by atoms with Crippen molar-refractivity contribution in [1.29, 1.82) is 0 Å². The zero-order chi connectivity index (χ0) is 17.3. The maximum absolute atomic E-state index is 12.4. The Morgan fingerprint density at radius 3 is 2.67 bits per heavy atom. The number of anilines is 1. The molecular formula is C16H20F3N3O2. The van der Waals surface area contributed by atoms with Crippen molar-refractivity contribution >= 4 is 11.7 Å². The predicted molar refractivity (Wildman–Crippen MR) is 82.9 cm³/mol. The van der Waals surface area contributed by atoms with Crippen molar-refractivity contribution in [3.63, 3.8) is 0 Å². The van der Waals surface area contributed by atoms with Gasteiger partial charge in [-0.15, -0.1) is 13.2 Å². The van der Waals surface area contributed by atoms with E-state index in [0.717, 1.165) is 19.0 Å². The van der Waals surface area contributed by atoms with Crippen LogP contribution in [0.5, 0.6) is 5.75 Å². The van der Waals surface area contributed by atoms with Crippen LogP contribution >= 0.6 is 0 Å². The second-order valence-electron chi connectivity index (χ2n) is 6.35. The lowest BCUT2D eigenvalue weighted by molar-refractivity contribution is -0.274. The number of nitrogens with one attached hydrogen (secondary N) is 2. The third-order valence-corrected chi connectivity index (χ3v) is 4.34. The number of nitrogens with zero attached hydrogens (tertiary/aromatic N) is 1. The topological polar surface area (TPSA) is 53.6 Å². The molecule has 1 aromatic carbocycles. The number of benzene rings is 1. The smallest absolute Gasteiger partial charge is 0.404 e. The van der Waals surface area contributed by atoms with Crippen molar-refractivity contribution in [3.8, 4) is 5.75 Å². The third kappa shape index (κ3) is 4.31. The van der Waals surface area contributed by atoms with E-state index < -0.39 is 18.1 Å². The van der Waals surface area contributed by atoms with Gasteiger partial charge in [0.25, 0.3) is 0 Å². The number of halogens is 3. The van der Waals surface area contributed by atoms with Crippen molar-refractivity contribution in [1.82, 2.24) is 10.2 Å². The van der Waals surface area contributed by atoms with E-state index in [9.17, 15) is 18.0 Å². The number of likely N-dealkylation sites (tertiary alicyclic amines) is 1. The fourth-order valence-electron chi connectivity index (χ4n) is 3.20. The van der Waals surface area contributed by atoms with Gasteiger partial charge in [-0.2, -0.15) is 0 Å². The Morgan fingerprint density at radius 1 is 1.29 bits per heavy atom. The number of ether oxygens (including phenoxy) is 1. The number of carbonyl (C=O) groups excluding carboxylic acids is 1. The molecule has 0 aromatic heterocycles. The van der Waals surface area contributed by atoms with E-state index in [-0.39, 0.29) is 11.7 Å². The van der Waals surface area contributed by atoms with E-state index in [0.29, 0.717) is 12.1 Å². The van der Waals surface area contributed by atoms with Crippen molar-refractivity contribution in [2.75, 3.05) is 11.9 Å². The lowest BCUT2D eigenvalue weighted by Gasteiger charge is -2.20. The Morgan fingerprint density at radius 2 is 2.00 bits per heavy atom. The Labute approximate surface area is 138 Å². The minimum atomic E-state index is -4.81. The summed E-state index contributed by atoms with van der Waals surface area (Å²) in [7, 11) is 0. The SMILES string of the molecule is C[C@@H]1C[C@@H](NC(=O)Nc2ccccc2OC(F)(F)F)CN1C1CC1. The van der Waals surface area contributed by atoms with Crippen LogP contribution < -0.4 is 15.4 Å². The van der Waals surface area contributed by atoms with Crippen LogP contribution in [-0.2, 0) is 0 Å².